The van der Waals surface area contributed by atoms with Crippen molar-refractivity contribution in [3.05, 3.63) is 22.2 Å². The zero-order valence-corrected chi connectivity index (χ0v) is 13.0. The third-order valence-corrected chi connectivity index (χ3v) is 3.71. The van der Waals surface area contributed by atoms with Crippen molar-refractivity contribution in [2.75, 3.05) is 11.9 Å². The molecule has 0 spiro atoms. The molecule has 1 aromatic rings. The van der Waals surface area contributed by atoms with Crippen LogP contribution in [0.25, 0.3) is 0 Å². The third kappa shape index (κ3) is 3.28. The lowest BCUT2D eigenvalue weighted by atomic mass is 9.93. The van der Waals surface area contributed by atoms with Crippen molar-refractivity contribution in [2.45, 2.75) is 33.2 Å². The summed E-state index contributed by atoms with van der Waals surface area (Å²) >= 11 is 3.46. The molecule has 2 rings (SSSR count). The maximum absolute atomic E-state index is 11.5. The second kappa shape index (κ2) is 5.13. The Kier molecular flexibility index (Phi) is 3.87. The molecule has 0 aliphatic carbocycles. The van der Waals surface area contributed by atoms with E-state index in [0.29, 0.717) is 6.61 Å². The normalized spacial score (nSPS) is 18.2. The summed E-state index contributed by atoms with van der Waals surface area (Å²) in [6.45, 7) is 7.16. The van der Waals surface area contributed by atoms with Gasteiger partial charge in [-0.3, -0.25) is 4.79 Å². The van der Waals surface area contributed by atoms with Gasteiger partial charge in [0, 0.05) is 17.3 Å². The molecule has 1 unspecified atom stereocenters. The highest BCUT2D eigenvalue weighted by atomic mass is 79.9. The quantitative estimate of drug-likeness (QED) is 0.896. The van der Waals surface area contributed by atoms with Gasteiger partial charge < -0.3 is 15.8 Å². The van der Waals surface area contributed by atoms with Crippen LogP contribution in [0.1, 0.15) is 38.8 Å². The molecule has 3 N–H and O–H groups in total. The van der Waals surface area contributed by atoms with E-state index in [1.165, 1.54) is 0 Å². The van der Waals surface area contributed by atoms with Crippen molar-refractivity contribution in [1.29, 1.82) is 0 Å². The number of ether oxygens (including phenoxy) is 1. The Morgan fingerprint density at radius 1 is 1.42 bits per heavy atom. The van der Waals surface area contributed by atoms with Crippen LogP contribution in [0.4, 0.5) is 5.69 Å². The van der Waals surface area contributed by atoms with Crippen LogP contribution < -0.4 is 15.8 Å². The van der Waals surface area contributed by atoms with Crippen LogP contribution in [0.15, 0.2) is 16.6 Å². The van der Waals surface area contributed by atoms with Gasteiger partial charge in [0.15, 0.2) is 0 Å². The van der Waals surface area contributed by atoms with E-state index >= 15 is 0 Å². The smallest absolute Gasteiger partial charge is 0.245 e. The second-order valence-electron chi connectivity index (χ2n) is 6.00. The van der Waals surface area contributed by atoms with Crippen LogP contribution in [0.2, 0.25) is 0 Å². The first kappa shape index (κ1) is 14.3. The number of rotatable bonds is 3. The van der Waals surface area contributed by atoms with Crippen LogP contribution in [-0.4, -0.2) is 12.5 Å². The zero-order valence-electron chi connectivity index (χ0n) is 11.4. The number of amides is 1. The fourth-order valence-corrected chi connectivity index (χ4v) is 2.34. The van der Waals surface area contributed by atoms with E-state index in [1.54, 1.807) is 0 Å². The molecule has 1 aliphatic heterocycles. The predicted molar refractivity (Wildman–Crippen MR) is 79.3 cm³/mol. The number of carbonyl (C=O) groups excluding carboxylic acids is 1. The molecule has 104 valence electrons. The van der Waals surface area contributed by atoms with E-state index in [1.807, 2.05) is 12.1 Å². The van der Waals surface area contributed by atoms with Gasteiger partial charge >= 0.3 is 0 Å². The Balaban J connectivity index is 2.12. The molecule has 1 aromatic carbocycles. The summed E-state index contributed by atoms with van der Waals surface area (Å²) in [4.78, 5) is 11.5. The Labute approximate surface area is 121 Å². The van der Waals surface area contributed by atoms with E-state index in [2.05, 4.69) is 42.0 Å². The van der Waals surface area contributed by atoms with Gasteiger partial charge in [-0.25, -0.2) is 0 Å². The molecule has 0 radical (unpaired) electrons. The van der Waals surface area contributed by atoms with Crippen LogP contribution >= 0.6 is 15.9 Å². The standard InChI is InChI=1S/C14H19BrN2O2/c1-14(2,3)4-5-19-11-7-10-8(6-9(11)15)12(16)13(18)17-10/h6-7,12H,4-5,16H2,1-3H3,(H,17,18). The molecule has 1 atom stereocenters. The summed E-state index contributed by atoms with van der Waals surface area (Å²) in [5.41, 5.74) is 7.58. The van der Waals surface area contributed by atoms with E-state index in [9.17, 15) is 4.79 Å². The highest BCUT2D eigenvalue weighted by Gasteiger charge is 2.28. The molecular weight excluding hydrogens is 308 g/mol. The lowest BCUT2D eigenvalue weighted by Gasteiger charge is -2.18. The monoisotopic (exact) mass is 326 g/mol. The fourth-order valence-electron chi connectivity index (χ4n) is 1.86. The topological polar surface area (TPSA) is 64.3 Å². The Morgan fingerprint density at radius 2 is 2.11 bits per heavy atom. The molecule has 19 heavy (non-hydrogen) atoms. The lowest BCUT2D eigenvalue weighted by Crippen LogP contribution is -2.19. The van der Waals surface area contributed by atoms with Crippen LogP contribution in [0.5, 0.6) is 5.75 Å². The Hall–Kier alpha value is -1.07. The molecule has 1 amide bonds. The minimum atomic E-state index is -0.588. The second-order valence-corrected chi connectivity index (χ2v) is 6.85. The molecule has 0 saturated heterocycles. The van der Waals surface area contributed by atoms with Gasteiger partial charge in [0.25, 0.3) is 0 Å². The minimum absolute atomic E-state index is 0.172. The minimum Gasteiger partial charge on any atom is -0.492 e. The number of halogens is 1. The predicted octanol–water partition coefficient (Wildman–Crippen LogP) is 3.22. The van der Waals surface area contributed by atoms with Crippen molar-refractivity contribution >= 4 is 27.5 Å². The maximum Gasteiger partial charge on any atom is 0.245 e. The molecule has 0 bridgehead atoms. The summed E-state index contributed by atoms with van der Waals surface area (Å²) in [5.74, 6) is 0.561. The Bertz CT molecular complexity index is 509. The van der Waals surface area contributed by atoms with E-state index in [0.717, 1.165) is 27.9 Å². The van der Waals surface area contributed by atoms with Crippen LogP contribution in [0, 0.1) is 5.41 Å². The average Bonchev–Trinajstić information content (AvgIpc) is 2.54. The van der Waals surface area contributed by atoms with Gasteiger partial charge in [0.2, 0.25) is 5.91 Å². The van der Waals surface area contributed by atoms with Gasteiger partial charge in [-0.1, -0.05) is 20.8 Å². The van der Waals surface area contributed by atoms with Crippen molar-refractivity contribution in [3.63, 3.8) is 0 Å². The number of fused-ring (bicyclic) bond motifs is 1. The molecular formula is C14H19BrN2O2. The largest absolute Gasteiger partial charge is 0.492 e. The third-order valence-electron chi connectivity index (χ3n) is 3.09. The first-order valence-corrected chi connectivity index (χ1v) is 7.10. The number of anilines is 1. The number of nitrogens with one attached hydrogen (secondary N) is 1. The molecule has 5 heteroatoms. The van der Waals surface area contributed by atoms with E-state index in [-0.39, 0.29) is 11.3 Å². The number of hydrogen-bond donors (Lipinski definition) is 2. The summed E-state index contributed by atoms with van der Waals surface area (Å²) in [7, 11) is 0. The van der Waals surface area contributed by atoms with Gasteiger partial charge in [-0.15, -0.1) is 0 Å². The van der Waals surface area contributed by atoms with Crippen molar-refractivity contribution < 1.29 is 9.53 Å². The van der Waals surface area contributed by atoms with Gasteiger partial charge in [-0.2, -0.15) is 0 Å². The van der Waals surface area contributed by atoms with E-state index < -0.39 is 6.04 Å². The first-order valence-electron chi connectivity index (χ1n) is 6.30. The molecule has 1 aliphatic rings. The fraction of sp³-hybridized carbons (Fsp3) is 0.500. The molecule has 1 heterocycles. The number of carbonyl (C=O) groups is 1. The summed E-state index contributed by atoms with van der Waals surface area (Å²) in [6.07, 6.45) is 0.961. The highest BCUT2D eigenvalue weighted by molar-refractivity contribution is 9.10. The first-order chi connectivity index (χ1) is 8.78. The summed E-state index contributed by atoms with van der Waals surface area (Å²) in [5, 5.41) is 2.76. The highest BCUT2D eigenvalue weighted by Crippen LogP contribution is 2.38. The summed E-state index contributed by atoms with van der Waals surface area (Å²) < 4.78 is 6.60. The number of nitrogens with two attached hydrogens (primary N) is 1. The van der Waals surface area contributed by atoms with Crippen molar-refractivity contribution in [3.8, 4) is 5.75 Å². The lowest BCUT2D eigenvalue weighted by molar-refractivity contribution is -0.116. The summed E-state index contributed by atoms with van der Waals surface area (Å²) in [6, 6.07) is 3.09. The maximum atomic E-state index is 11.5. The van der Waals surface area contributed by atoms with E-state index in [4.69, 9.17) is 10.5 Å². The van der Waals surface area contributed by atoms with Gasteiger partial charge in [0.05, 0.1) is 11.1 Å². The molecule has 0 saturated carbocycles. The van der Waals surface area contributed by atoms with Crippen molar-refractivity contribution in [1.82, 2.24) is 0 Å². The molecule has 0 aromatic heterocycles. The molecule has 4 nitrogen and oxygen atoms in total. The molecule has 0 fully saturated rings. The van der Waals surface area contributed by atoms with Gasteiger partial charge in [0.1, 0.15) is 11.8 Å². The van der Waals surface area contributed by atoms with Gasteiger partial charge in [-0.05, 0) is 33.8 Å². The Morgan fingerprint density at radius 3 is 2.74 bits per heavy atom. The number of benzene rings is 1. The number of hydrogen-bond acceptors (Lipinski definition) is 3. The SMILES string of the molecule is CC(C)(C)CCOc1cc2c(cc1Br)C(N)C(=O)N2. The van der Waals surface area contributed by atoms with Crippen LogP contribution in [0.3, 0.4) is 0 Å². The van der Waals surface area contributed by atoms with Crippen LogP contribution in [-0.2, 0) is 4.79 Å². The van der Waals surface area contributed by atoms with Crippen molar-refractivity contribution in [2.24, 2.45) is 11.1 Å². The zero-order chi connectivity index (χ0) is 14.2. The average molecular weight is 327 g/mol.